The number of nitrogens with zero attached hydrogens (tertiary/aromatic N) is 2. The van der Waals surface area contributed by atoms with Crippen LogP contribution in [0.1, 0.15) is 74.5 Å². The third kappa shape index (κ3) is 4.89. The molecule has 2 unspecified atom stereocenters. The van der Waals surface area contributed by atoms with Crippen molar-refractivity contribution in [3.05, 3.63) is 65.9 Å². The van der Waals surface area contributed by atoms with E-state index in [-0.39, 0.29) is 17.7 Å². The molecule has 5 heteroatoms. The molecule has 1 aromatic carbocycles. The monoisotopic (exact) mass is 448 g/mol. The van der Waals surface area contributed by atoms with Gasteiger partial charge < -0.3 is 9.32 Å². The molecule has 0 bridgehead atoms. The lowest BCUT2D eigenvalue weighted by atomic mass is 9.83. The average Bonchev–Trinajstić information content (AvgIpc) is 3.44. The van der Waals surface area contributed by atoms with Crippen LogP contribution in [0.15, 0.2) is 53.3 Å². The molecule has 2 fully saturated rings. The Morgan fingerprint density at radius 3 is 2.73 bits per heavy atom. The fourth-order valence-corrected chi connectivity index (χ4v) is 5.84. The molecule has 0 amide bonds. The molecule has 0 spiro atoms. The first-order chi connectivity index (χ1) is 16.2. The molecule has 5 rings (SSSR count). The number of fused-ring (bicyclic) bond motifs is 1. The van der Waals surface area contributed by atoms with Crippen LogP contribution in [0, 0.1) is 11.7 Å². The van der Waals surface area contributed by atoms with Gasteiger partial charge in [0.25, 0.3) is 0 Å². The predicted octanol–water partition coefficient (Wildman–Crippen LogP) is 6.47. The molecule has 0 radical (unpaired) electrons. The molecule has 1 saturated carbocycles. The fourth-order valence-electron chi connectivity index (χ4n) is 5.84. The molecule has 4 nitrogen and oxygen atoms in total. The molecule has 3 aromatic rings. The van der Waals surface area contributed by atoms with Gasteiger partial charge in [0.05, 0.1) is 23.3 Å². The highest BCUT2D eigenvalue weighted by molar-refractivity contribution is 5.87. The number of aromatic nitrogens is 1. The van der Waals surface area contributed by atoms with Crippen LogP contribution in [0.5, 0.6) is 0 Å². The predicted molar refractivity (Wildman–Crippen MR) is 128 cm³/mol. The van der Waals surface area contributed by atoms with Crippen molar-refractivity contribution in [1.29, 1.82) is 0 Å². The summed E-state index contributed by atoms with van der Waals surface area (Å²) in [5.41, 5.74) is 2.68. The Morgan fingerprint density at radius 2 is 1.94 bits per heavy atom. The second-order valence-electron chi connectivity index (χ2n) is 9.77. The minimum atomic E-state index is -0.229. The van der Waals surface area contributed by atoms with Crippen molar-refractivity contribution in [1.82, 2.24) is 9.88 Å². The van der Waals surface area contributed by atoms with Crippen LogP contribution in [0.25, 0.3) is 11.0 Å². The molecular weight excluding hydrogens is 415 g/mol. The van der Waals surface area contributed by atoms with E-state index in [0.717, 1.165) is 69.4 Å². The summed E-state index contributed by atoms with van der Waals surface area (Å²) in [5.74, 6) is 0.535. The number of halogens is 1. The third-order valence-electron chi connectivity index (χ3n) is 7.69. The van der Waals surface area contributed by atoms with Gasteiger partial charge >= 0.3 is 0 Å². The molecular formula is C28H33FN2O2. The van der Waals surface area contributed by atoms with Crippen molar-refractivity contribution in [2.24, 2.45) is 5.92 Å². The number of hydrogen-bond acceptors (Lipinski definition) is 4. The van der Waals surface area contributed by atoms with Crippen LogP contribution in [0.2, 0.25) is 0 Å². The van der Waals surface area contributed by atoms with Gasteiger partial charge in [-0.1, -0.05) is 37.8 Å². The summed E-state index contributed by atoms with van der Waals surface area (Å²) in [6.07, 6.45) is 12.1. The lowest BCUT2D eigenvalue weighted by molar-refractivity contribution is -0.125. The summed E-state index contributed by atoms with van der Waals surface area (Å²) < 4.78 is 19.7. The van der Waals surface area contributed by atoms with Gasteiger partial charge in [-0.05, 0) is 68.6 Å². The maximum Gasteiger partial charge on any atom is 0.145 e. The number of carbonyl (C=O) groups is 1. The number of pyridine rings is 1. The van der Waals surface area contributed by atoms with Crippen LogP contribution in [-0.4, -0.2) is 35.3 Å². The van der Waals surface area contributed by atoms with E-state index in [1.165, 1.54) is 12.8 Å². The molecule has 1 aliphatic heterocycles. The average molecular weight is 449 g/mol. The van der Waals surface area contributed by atoms with E-state index in [9.17, 15) is 9.18 Å². The van der Waals surface area contributed by atoms with Gasteiger partial charge in [-0.2, -0.15) is 0 Å². The van der Waals surface area contributed by atoms with Crippen molar-refractivity contribution < 1.29 is 13.6 Å². The topological polar surface area (TPSA) is 46.3 Å². The number of carbonyl (C=O) groups excluding carboxylic acids is 1. The van der Waals surface area contributed by atoms with Crippen molar-refractivity contribution >= 4 is 16.8 Å². The smallest absolute Gasteiger partial charge is 0.145 e. The van der Waals surface area contributed by atoms with E-state index in [2.05, 4.69) is 9.88 Å². The van der Waals surface area contributed by atoms with E-state index in [1.807, 2.05) is 24.3 Å². The van der Waals surface area contributed by atoms with E-state index in [4.69, 9.17) is 4.42 Å². The number of hydrogen-bond donors (Lipinski definition) is 0. The highest BCUT2D eigenvalue weighted by atomic mass is 19.1. The van der Waals surface area contributed by atoms with Gasteiger partial charge in [0, 0.05) is 24.6 Å². The minimum absolute atomic E-state index is 0.129. The maximum atomic E-state index is 14.1. The fraction of sp³-hybridized carbons (Fsp3) is 0.500. The summed E-state index contributed by atoms with van der Waals surface area (Å²) in [6, 6.07) is 11.1. The second-order valence-corrected chi connectivity index (χ2v) is 9.77. The first kappa shape index (κ1) is 22.3. The minimum Gasteiger partial charge on any atom is -0.464 e. The van der Waals surface area contributed by atoms with Crippen molar-refractivity contribution in [2.45, 2.75) is 63.2 Å². The van der Waals surface area contributed by atoms with Gasteiger partial charge in [-0.25, -0.2) is 4.39 Å². The summed E-state index contributed by atoms with van der Waals surface area (Å²) in [7, 11) is 0. The first-order valence-corrected chi connectivity index (χ1v) is 12.5. The van der Waals surface area contributed by atoms with Crippen molar-refractivity contribution in [3.8, 4) is 0 Å². The lowest BCUT2D eigenvalue weighted by Gasteiger charge is -2.24. The quantitative estimate of drug-likeness (QED) is 0.389. The summed E-state index contributed by atoms with van der Waals surface area (Å²) in [5, 5.41) is 0.565. The molecule has 174 valence electrons. The molecule has 2 aliphatic rings. The molecule has 1 aliphatic carbocycles. The maximum absolute atomic E-state index is 14.1. The van der Waals surface area contributed by atoms with E-state index >= 15 is 0 Å². The number of Topliss-reactive ketones (excluding diaryl/α,β-unsaturated/α-hetero) is 1. The molecule has 0 N–H and O–H groups in total. The van der Waals surface area contributed by atoms with Gasteiger partial charge in [0.15, 0.2) is 0 Å². The van der Waals surface area contributed by atoms with Crippen LogP contribution < -0.4 is 0 Å². The first-order valence-electron chi connectivity index (χ1n) is 12.5. The van der Waals surface area contributed by atoms with Crippen LogP contribution in [0.4, 0.5) is 4.39 Å². The number of likely N-dealkylation sites (tertiary alicyclic amines) is 1. The molecule has 2 atom stereocenters. The van der Waals surface area contributed by atoms with E-state index in [1.54, 1.807) is 24.6 Å². The normalized spacial score (nSPS) is 21.3. The van der Waals surface area contributed by atoms with Crippen molar-refractivity contribution in [3.63, 3.8) is 0 Å². The Kier molecular flexibility index (Phi) is 6.86. The zero-order valence-corrected chi connectivity index (χ0v) is 19.2. The highest BCUT2D eigenvalue weighted by Crippen LogP contribution is 2.35. The third-order valence-corrected chi connectivity index (χ3v) is 7.69. The van der Waals surface area contributed by atoms with Gasteiger partial charge in [-0.15, -0.1) is 0 Å². The summed E-state index contributed by atoms with van der Waals surface area (Å²) >= 11 is 0. The SMILES string of the molecule is O=C(C1CCCCCC1)C(CCN1CCC(c2ccc(F)c3ccoc23)C1)c1ccccn1. The molecule has 1 saturated heterocycles. The van der Waals surface area contributed by atoms with Crippen molar-refractivity contribution in [2.75, 3.05) is 19.6 Å². The lowest BCUT2D eigenvalue weighted by Crippen LogP contribution is -2.28. The Bertz CT molecular complexity index is 1070. The number of ketones is 1. The zero-order valence-electron chi connectivity index (χ0n) is 19.2. The number of benzene rings is 1. The second kappa shape index (κ2) is 10.2. The van der Waals surface area contributed by atoms with E-state index in [0.29, 0.717) is 22.7 Å². The zero-order chi connectivity index (χ0) is 22.6. The Balaban J connectivity index is 1.27. The Hall–Kier alpha value is -2.53. The van der Waals surface area contributed by atoms with Gasteiger partial charge in [-0.3, -0.25) is 9.78 Å². The highest BCUT2D eigenvalue weighted by Gasteiger charge is 2.32. The molecule has 3 heterocycles. The van der Waals surface area contributed by atoms with Gasteiger partial charge in [0.2, 0.25) is 0 Å². The Morgan fingerprint density at radius 1 is 1.09 bits per heavy atom. The standard InChI is InChI=1S/C28H33FN2O2/c29-25-11-10-22(28-23(25)14-18-33-28)21-12-16-31(19-21)17-13-24(26-9-5-6-15-30-26)27(32)20-7-3-1-2-4-8-20/h5-6,9-11,14-15,18,20-21,24H,1-4,7-8,12-13,16-17,19H2. The van der Waals surface area contributed by atoms with Crippen LogP contribution in [-0.2, 0) is 4.79 Å². The van der Waals surface area contributed by atoms with Gasteiger partial charge in [0.1, 0.15) is 17.2 Å². The van der Waals surface area contributed by atoms with Crippen LogP contribution >= 0.6 is 0 Å². The number of rotatable bonds is 7. The molecule has 2 aromatic heterocycles. The summed E-state index contributed by atoms with van der Waals surface area (Å²) in [6.45, 7) is 2.77. The van der Waals surface area contributed by atoms with Crippen LogP contribution in [0.3, 0.4) is 0 Å². The largest absolute Gasteiger partial charge is 0.464 e. The molecule has 33 heavy (non-hydrogen) atoms. The summed E-state index contributed by atoms with van der Waals surface area (Å²) in [4.78, 5) is 20.6. The Labute approximate surface area is 195 Å². The van der Waals surface area contributed by atoms with E-state index < -0.39 is 0 Å². The number of furan rings is 1.